The van der Waals surface area contributed by atoms with Crippen molar-refractivity contribution in [3.8, 4) is 22.6 Å². The fourth-order valence-electron chi connectivity index (χ4n) is 2.46. The van der Waals surface area contributed by atoms with Gasteiger partial charge in [0.15, 0.2) is 5.78 Å². The van der Waals surface area contributed by atoms with Crippen molar-refractivity contribution in [2.45, 2.75) is 0 Å². The summed E-state index contributed by atoms with van der Waals surface area (Å²) in [6.07, 6.45) is 3.56. The largest absolute Gasteiger partial charge is 0.497 e. The third-order valence-electron chi connectivity index (χ3n) is 3.74. The minimum Gasteiger partial charge on any atom is -0.497 e. The fourth-order valence-corrected chi connectivity index (χ4v) is 2.46. The van der Waals surface area contributed by atoms with Crippen molar-refractivity contribution in [1.29, 1.82) is 0 Å². The summed E-state index contributed by atoms with van der Waals surface area (Å²) in [6.45, 7) is 0. The number of methoxy groups -OCH3 is 2. The summed E-state index contributed by atoms with van der Waals surface area (Å²) in [4.78, 5) is 15.8. The highest BCUT2D eigenvalue weighted by Gasteiger charge is 2.16. The van der Waals surface area contributed by atoms with Gasteiger partial charge in [-0.15, -0.1) is 0 Å². The van der Waals surface area contributed by atoms with Crippen LogP contribution >= 0.6 is 0 Å². The summed E-state index contributed by atoms with van der Waals surface area (Å²) in [5, 5.41) is 0. The van der Waals surface area contributed by atoms with E-state index in [4.69, 9.17) is 9.47 Å². The second-order valence-electron chi connectivity index (χ2n) is 5.07. The van der Waals surface area contributed by atoms with Gasteiger partial charge in [-0.3, -0.25) is 4.79 Å². The molecular formula is C19H17NO3. The minimum atomic E-state index is -0.0280. The standard InChI is InChI=1S/C19H17NO3/c1-22-15-7-3-13(4-8-15)17-11-20-12-18(17)19(21)14-5-9-16(23-2)10-6-14/h3-12,20H,1-2H3. The molecule has 0 aliphatic carbocycles. The van der Waals surface area contributed by atoms with E-state index < -0.39 is 0 Å². The van der Waals surface area contributed by atoms with Gasteiger partial charge in [-0.05, 0) is 42.0 Å². The second-order valence-corrected chi connectivity index (χ2v) is 5.07. The summed E-state index contributed by atoms with van der Waals surface area (Å²) in [6, 6.07) is 14.7. The molecule has 0 amide bonds. The van der Waals surface area contributed by atoms with E-state index in [1.165, 1.54) is 0 Å². The van der Waals surface area contributed by atoms with Gasteiger partial charge in [0.25, 0.3) is 0 Å². The molecule has 0 aliphatic rings. The van der Waals surface area contributed by atoms with Crippen LogP contribution in [0.15, 0.2) is 60.9 Å². The van der Waals surface area contributed by atoms with Crippen LogP contribution in [0.5, 0.6) is 11.5 Å². The van der Waals surface area contributed by atoms with Crippen molar-refractivity contribution < 1.29 is 14.3 Å². The number of hydrogen-bond donors (Lipinski definition) is 1. The number of aromatic amines is 1. The molecule has 0 bridgehead atoms. The molecule has 0 aliphatic heterocycles. The van der Waals surface area contributed by atoms with E-state index in [1.807, 2.05) is 30.5 Å². The molecule has 0 saturated heterocycles. The third-order valence-corrected chi connectivity index (χ3v) is 3.74. The first-order chi connectivity index (χ1) is 11.2. The number of rotatable bonds is 5. The van der Waals surface area contributed by atoms with Crippen LogP contribution in [0.3, 0.4) is 0 Å². The molecule has 4 heteroatoms. The molecule has 0 radical (unpaired) electrons. The lowest BCUT2D eigenvalue weighted by Crippen LogP contribution is -2.01. The van der Waals surface area contributed by atoms with Crippen molar-refractivity contribution >= 4 is 5.78 Å². The number of carbonyl (C=O) groups excluding carboxylic acids is 1. The molecule has 3 rings (SSSR count). The maximum atomic E-state index is 12.7. The molecule has 1 aromatic heterocycles. The van der Waals surface area contributed by atoms with Crippen molar-refractivity contribution in [2.75, 3.05) is 14.2 Å². The van der Waals surface area contributed by atoms with E-state index in [1.54, 1.807) is 44.7 Å². The number of ether oxygens (including phenoxy) is 2. The smallest absolute Gasteiger partial charge is 0.195 e. The van der Waals surface area contributed by atoms with Gasteiger partial charge in [0.05, 0.1) is 14.2 Å². The van der Waals surface area contributed by atoms with Gasteiger partial charge >= 0.3 is 0 Å². The zero-order valence-electron chi connectivity index (χ0n) is 13.0. The third kappa shape index (κ3) is 2.97. The van der Waals surface area contributed by atoms with E-state index >= 15 is 0 Å². The topological polar surface area (TPSA) is 51.3 Å². The van der Waals surface area contributed by atoms with E-state index in [0.29, 0.717) is 11.1 Å². The highest BCUT2D eigenvalue weighted by atomic mass is 16.5. The molecule has 0 saturated carbocycles. The van der Waals surface area contributed by atoms with Crippen LogP contribution in [0.2, 0.25) is 0 Å². The van der Waals surface area contributed by atoms with Crippen molar-refractivity contribution in [2.24, 2.45) is 0 Å². The van der Waals surface area contributed by atoms with Crippen molar-refractivity contribution in [3.63, 3.8) is 0 Å². The summed E-state index contributed by atoms with van der Waals surface area (Å²) in [5.41, 5.74) is 3.10. The van der Waals surface area contributed by atoms with Crippen molar-refractivity contribution in [1.82, 2.24) is 4.98 Å². The highest BCUT2D eigenvalue weighted by Crippen LogP contribution is 2.27. The Hall–Kier alpha value is -3.01. The molecular weight excluding hydrogens is 290 g/mol. The number of ketones is 1. The molecule has 23 heavy (non-hydrogen) atoms. The minimum absolute atomic E-state index is 0.0280. The zero-order chi connectivity index (χ0) is 16.2. The van der Waals surface area contributed by atoms with Crippen LogP contribution in [0.25, 0.3) is 11.1 Å². The fraction of sp³-hybridized carbons (Fsp3) is 0.105. The molecule has 116 valence electrons. The molecule has 3 aromatic rings. The maximum Gasteiger partial charge on any atom is 0.195 e. The van der Waals surface area contributed by atoms with Gasteiger partial charge in [0.1, 0.15) is 11.5 Å². The number of H-pyrrole nitrogens is 1. The molecule has 0 fully saturated rings. The zero-order valence-corrected chi connectivity index (χ0v) is 13.0. The number of benzene rings is 2. The van der Waals surface area contributed by atoms with Crippen LogP contribution in [0.1, 0.15) is 15.9 Å². The monoisotopic (exact) mass is 307 g/mol. The van der Waals surface area contributed by atoms with E-state index in [-0.39, 0.29) is 5.78 Å². The predicted octanol–water partition coefficient (Wildman–Crippen LogP) is 3.93. The molecule has 1 N–H and O–H groups in total. The summed E-state index contributed by atoms with van der Waals surface area (Å²) >= 11 is 0. The van der Waals surface area contributed by atoms with Crippen LogP contribution in [-0.4, -0.2) is 25.0 Å². The van der Waals surface area contributed by atoms with Gasteiger partial charge < -0.3 is 14.5 Å². The summed E-state index contributed by atoms with van der Waals surface area (Å²) < 4.78 is 10.3. The van der Waals surface area contributed by atoms with Crippen LogP contribution in [0.4, 0.5) is 0 Å². The molecule has 0 atom stereocenters. The Morgan fingerprint density at radius 1 is 0.826 bits per heavy atom. The molecule has 1 heterocycles. The molecule has 2 aromatic carbocycles. The average molecular weight is 307 g/mol. The molecule has 0 unspecified atom stereocenters. The van der Waals surface area contributed by atoms with Gasteiger partial charge in [-0.1, -0.05) is 12.1 Å². The maximum absolute atomic E-state index is 12.7. The van der Waals surface area contributed by atoms with Crippen LogP contribution in [0, 0.1) is 0 Å². The summed E-state index contributed by atoms with van der Waals surface area (Å²) in [7, 11) is 3.23. The van der Waals surface area contributed by atoms with Crippen LogP contribution in [-0.2, 0) is 0 Å². The Bertz CT molecular complexity index is 801. The van der Waals surface area contributed by atoms with E-state index in [2.05, 4.69) is 4.98 Å². The first-order valence-corrected chi connectivity index (χ1v) is 7.23. The Morgan fingerprint density at radius 3 is 1.96 bits per heavy atom. The van der Waals surface area contributed by atoms with E-state index in [9.17, 15) is 4.79 Å². The quantitative estimate of drug-likeness (QED) is 0.727. The van der Waals surface area contributed by atoms with Gasteiger partial charge in [-0.25, -0.2) is 0 Å². The van der Waals surface area contributed by atoms with Gasteiger partial charge in [0.2, 0.25) is 0 Å². The lowest BCUT2D eigenvalue weighted by Gasteiger charge is -2.06. The second kappa shape index (κ2) is 6.40. The predicted molar refractivity (Wildman–Crippen MR) is 89.2 cm³/mol. The number of carbonyl (C=O) groups is 1. The Labute approximate surface area is 134 Å². The van der Waals surface area contributed by atoms with E-state index in [0.717, 1.165) is 22.6 Å². The number of hydrogen-bond acceptors (Lipinski definition) is 3. The van der Waals surface area contributed by atoms with Crippen molar-refractivity contribution in [3.05, 3.63) is 72.1 Å². The number of nitrogens with one attached hydrogen (secondary N) is 1. The Kier molecular flexibility index (Phi) is 4.15. The highest BCUT2D eigenvalue weighted by molar-refractivity contribution is 6.12. The lowest BCUT2D eigenvalue weighted by atomic mass is 9.98. The SMILES string of the molecule is COc1ccc(C(=O)c2c[nH]cc2-c2ccc(OC)cc2)cc1. The Balaban J connectivity index is 1.94. The first kappa shape index (κ1) is 14.9. The average Bonchev–Trinajstić information content (AvgIpc) is 3.11. The van der Waals surface area contributed by atoms with Crippen LogP contribution < -0.4 is 9.47 Å². The Morgan fingerprint density at radius 2 is 1.39 bits per heavy atom. The lowest BCUT2D eigenvalue weighted by molar-refractivity contribution is 0.103. The first-order valence-electron chi connectivity index (χ1n) is 7.23. The van der Waals surface area contributed by atoms with Gasteiger partial charge in [0, 0.05) is 29.1 Å². The normalized spacial score (nSPS) is 10.3. The molecule has 4 nitrogen and oxygen atoms in total. The van der Waals surface area contributed by atoms with Gasteiger partial charge in [-0.2, -0.15) is 0 Å². The molecule has 0 spiro atoms. The number of aromatic nitrogens is 1. The summed E-state index contributed by atoms with van der Waals surface area (Å²) in [5.74, 6) is 1.48.